The van der Waals surface area contributed by atoms with Crippen LogP contribution >= 0.6 is 15.9 Å². The molecule has 1 saturated heterocycles. The SMILES string of the molecule is CC1OC(C)C(C(=O)NCC2CCCCC2CBr)C1C. The van der Waals surface area contributed by atoms with E-state index >= 15 is 0 Å². The standard InChI is InChI=1S/C16H28BrNO2/c1-10-11(2)20-12(3)15(10)16(19)18-9-14-7-5-4-6-13(14)8-17/h10-15H,4-9H2,1-3H3,(H,18,19). The second-order valence-electron chi connectivity index (χ2n) is 6.64. The zero-order valence-electron chi connectivity index (χ0n) is 12.9. The van der Waals surface area contributed by atoms with E-state index in [-0.39, 0.29) is 24.0 Å². The van der Waals surface area contributed by atoms with Crippen LogP contribution in [0.15, 0.2) is 0 Å². The molecule has 6 unspecified atom stereocenters. The number of amides is 1. The van der Waals surface area contributed by atoms with Crippen molar-refractivity contribution in [2.45, 2.75) is 58.7 Å². The summed E-state index contributed by atoms with van der Waals surface area (Å²) in [5, 5.41) is 4.26. The van der Waals surface area contributed by atoms with Crippen molar-refractivity contribution in [1.29, 1.82) is 0 Å². The minimum absolute atomic E-state index is 0.0102. The lowest BCUT2D eigenvalue weighted by atomic mass is 9.80. The Morgan fingerprint density at radius 2 is 1.80 bits per heavy atom. The van der Waals surface area contributed by atoms with Gasteiger partial charge in [0, 0.05) is 11.9 Å². The highest BCUT2D eigenvalue weighted by molar-refractivity contribution is 9.09. The van der Waals surface area contributed by atoms with E-state index in [9.17, 15) is 4.79 Å². The van der Waals surface area contributed by atoms with Crippen molar-refractivity contribution in [3.05, 3.63) is 0 Å². The minimum atomic E-state index is 0.0102. The number of rotatable bonds is 4. The molecule has 116 valence electrons. The van der Waals surface area contributed by atoms with Crippen molar-refractivity contribution < 1.29 is 9.53 Å². The fraction of sp³-hybridized carbons (Fsp3) is 0.938. The molecule has 1 amide bonds. The van der Waals surface area contributed by atoms with Gasteiger partial charge in [0.1, 0.15) is 0 Å². The van der Waals surface area contributed by atoms with Crippen molar-refractivity contribution in [3.8, 4) is 0 Å². The Morgan fingerprint density at radius 1 is 1.15 bits per heavy atom. The van der Waals surface area contributed by atoms with E-state index in [4.69, 9.17) is 4.74 Å². The average Bonchev–Trinajstić information content (AvgIpc) is 2.70. The van der Waals surface area contributed by atoms with Gasteiger partial charge in [0.15, 0.2) is 0 Å². The van der Waals surface area contributed by atoms with Crippen molar-refractivity contribution >= 4 is 21.8 Å². The summed E-state index contributed by atoms with van der Waals surface area (Å²) in [6, 6.07) is 0. The monoisotopic (exact) mass is 345 g/mol. The number of carbonyl (C=O) groups excluding carboxylic acids is 1. The molecular formula is C16H28BrNO2. The maximum atomic E-state index is 12.4. The average molecular weight is 346 g/mol. The zero-order valence-corrected chi connectivity index (χ0v) is 14.5. The van der Waals surface area contributed by atoms with Gasteiger partial charge in [0.05, 0.1) is 18.1 Å². The first-order valence-corrected chi connectivity index (χ1v) is 9.15. The van der Waals surface area contributed by atoms with Gasteiger partial charge in [0.25, 0.3) is 0 Å². The molecular weight excluding hydrogens is 318 g/mol. The molecule has 0 aromatic heterocycles. The topological polar surface area (TPSA) is 38.3 Å². The van der Waals surface area contributed by atoms with Crippen molar-refractivity contribution in [2.75, 3.05) is 11.9 Å². The van der Waals surface area contributed by atoms with E-state index in [1.165, 1.54) is 25.7 Å². The molecule has 1 aliphatic heterocycles. The molecule has 4 heteroatoms. The summed E-state index contributed by atoms with van der Waals surface area (Å²) in [7, 11) is 0. The van der Waals surface area contributed by atoms with Crippen LogP contribution in [-0.4, -0.2) is 30.0 Å². The number of alkyl halides is 1. The second-order valence-corrected chi connectivity index (χ2v) is 7.28. The lowest BCUT2D eigenvalue weighted by molar-refractivity contribution is -0.127. The fourth-order valence-electron chi connectivity index (χ4n) is 3.82. The lowest BCUT2D eigenvalue weighted by Crippen LogP contribution is -2.41. The predicted octanol–water partition coefficient (Wildman–Crippen LogP) is 3.36. The number of ether oxygens (including phenoxy) is 1. The summed E-state index contributed by atoms with van der Waals surface area (Å²) in [5.74, 6) is 1.86. The molecule has 0 radical (unpaired) electrons. The van der Waals surface area contributed by atoms with Crippen LogP contribution in [-0.2, 0) is 9.53 Å². The molecule has 1 heterocycles. The Hall–Kier alpha value is -0.0900. The summed E-state index contributed by atoms with van der Waals surface area (Å²) in [5.41, 5.74) is 0. The Bertz CT molecular complexity index is 336. The van der Waals surface area contributed by atoms with Crippen LogP contribution in [0.25, 0.3) is 0 Å². The number of hydrogen-bond donors (Lipinski definition) is 1. The van der Waals surface area contributed by atoms with Gasteiger partial charge in [-0.15, -0.1) is 0 Å². The number of nitrogens with one attached hydrogen (secondary N) is 1. The summed E-state index contributed by atoms with van der Waals surface area (Å²) in [6.45, 7) is 7.04. The van der Waals surface area contributed by atoms with Crippen LogP contribution in [0.4, 0.5) is 0 Å². The fourth-order valence-corrected chi connectivity index (χ4v) is 4.68. The number of carbonyl (C=O) groups is 1. The largest absolute Gasteiger partial charge is 0.374 e. The van der Waals surface area contributed by atoms with Crippen LogP contribution in [0, 0.1) is 23.7 Å². The van der Waals surface area contributed by atoms with E-state index in [1.54, 1.807) is 0 Å². The first-order chi connectivity index (χ1) is 9.54. The molecule has 1 aliphatic carbocycles. The first-order valence-electron chi connectivity index (χ1n) is 8.03. The third-order valence-corrected chi connectivity index (χ3v) is 6.18. The van der Waals surface area contributed by atoms with Crippen LogP contribution in [0.3, 0.4) is 0 Å². The molecule has 1 saturated carbocycles. The highest BCUT2D eigenvalue weighted by Gasteiger charge is 2.41. The normalized spacial score (nSPS) is 41.6. The van der Waals surface area contributed by atoms with Gasteiger partial charge in [-0.25, -0.2) is 0 Å². The Morgan fingerprint density at radius 3 is 2.35 bits per heavy atom. The third-order valence-electron chi connectivity index (χ3n) is 5.35. The molecule has 0 spiro atoms. The highest BCUT2D eigenvalue weighted by Crippen LogP contribution is 2.33. The van der Waals surface area contributed by atoms with Crippen LogP contribution in [0.2, 0.25) is 0 Å². The third kappa shape index (κ3) is 3.56. The molecule has 1 N–H and O–H groups in total. The molecule has 2 fully saturated rings. The molecule has 6 atom stereocenters. The van der Waals surface area contributed by atoms with Crippen molar-refractivity contribution in [3.63, 3.8) is 0 Å². The summed E-state index contributed by atoms with van der Waals surface area (Å²) < 4.78 is 5.77. The van der Waals surface area contributed by atoms with E-state index in [1.807, 2.05) is 6.92 Å². The molecule has 2 aliphatic rings. The quantitative estimate of drug-likeness (QED) is 0.793. The van der Waals surface area contributed by atoms with Crippen LogP contribution in [0.5, 0.6) is 0 Å². The zero-order chi connectivity index (χ0) is 14.7. The minimum Gasteiger partial charge on any atom is -0.374 e. The molecule has 0 aromatic rings. The Labute approximate surface area is 131 Å². The van der Waals surface area contributed by atoms with Gasteiger partial charge in [-0.05, 0) is 44.4 Å². The molecule has 20 heavy (non-hydrogen) atoms. The molecule has 2 rings (SSSR count). The van der Waals surface area contributed by atoms with Crippen molar-refractivity contribution in [1.82, 2.24) is 5.32 Å². The van der Waals surface area contributed by atoms with Crippen LogP contribution in [0.1, 0.15) is 46.5 Å². The molecule has 0 aromatic carbocycles. The molecule has 0 bridgehead atoms. The van der Waals surface area contributed by atoms with E-state index in [0.29, 0.717) is 11.8 Å². The van der Waals surface area contributed by atoms with Gasteiger partial charge in [-0.1, -0.05) is 35.7 Å². The number of hydrogen-bond acceptors (Lipinski definition) is 2. The van der Waals surface area contributed by atoms with Gasteiger partial charge >= 0.3 is 0 Å². The van der Waals surface area contributed by atoms with Gasteiger partial charge in [0.2, 0.25) is 5.91 Å². The second kappa shape index (κ2) is 7.26. The maximum Gasteiger partial charge on any atom is 0.226 e. The predicted molar refractivity (Wildman–Crippen MR) is 84.9 cm³/mol. The lowest BCUT2D eigenvalue weighted by Gasteiger charge is -2.31. The van der Waals surface area contributed by atoms with E-state index in [2.05, 4.69) is 35.1 Å². The number of halogens is 1. The van der Waals surface area contributed by atoms with Gasteiger partial charge in [-0.3, -0.25) is 4.79 Å². The van der Waals surface area contributed by atoms with Crippen molar-refractivity contribution in [2.24, 2.45) is 23.7 Å². The van der Waals surface area contributed by atoms with E-state index < -0.39 is 0 Å². The van der Waals surface area contributed by atoms with Gasteiger partial charge in [-0.2, -0.15) is 0 Å². The Balaban J connectivity index is 1.85. The van der Waals surface area contributed by atoms with Crippen LogP contribution < -0.4 is 5.32 Å². The summed E-state index contributed by atoms with van der Waals surface area (Å²) >= 11 is 3.62. The Kier molecular flexibility index (Phi) is 5.91. The summed E-state index contributed by atoms with van der Waals surface area (Å²) in [6.07, 6.45) is 5.41. The van der Waals surface area contributed by atoms with E-state index in [0.717, 1.165) is 17.8 Å². The highest BCUT2D eigenvalue weighted by atomic mass is 79.9. The maximum absolute atomic E-state index is 12.4. The first kappa shape index (κ1) is 16.3. The summed E-state index contributed by atoms with van der Waals surface area (Å²) in [4.78, 5) is 12.4. The molecule has 3 nitrogen and oxygen atoms in total. The smallest absolute Gasteiger partial charge is 0.226 e. The van der Waals surface area contributed by atoms with Gasteiger partial charge < -0.3 is 10.1 Å².